The van der Waals surface area contributed by atoms with Gasteiger partial charge in [-0.15, -0.1) is 0 Å². The number of aromatic hydroxyl groups is 1. The van der Waals surface area contributed by atoms with Gasteiger partial charge in [-0.25, -0.2) is 13.1 Å². The second-order valence-corrected chi connectivity index (χ2v) is 7.58. The van der Waals surface area contributed by atoms with Crippen molar-refractivity contribution in [1.29, 1.82) is 0 Å². The quantitative estimate of drug-likeness (QED) is 0.837. The molecule has 4 nitrogen and oxygen atoms in total. The summed E-state index contributed by atoms with van der Waals surface area (Å²) in [6.07, 6.45) is 0. The summed E-state index contributed by atoms with van der Waals surface area (Å²) in [4.78, 5) is -0.380. The van der Waals surface area contributed by atoms with E-state index in [1.165, 1.54) is 6.07 Å². The number of phenols is 1. The number of halogens is 3. The van der Waals surface area contributed by atoms with Crippen molar-refractivity contribution in [3.63, 3.8) is 0 Å². The van der Waals surface area contributed by atoms with Crippen LogP contribution in [0.3, 0.4) is 0 Å². The predicted octanol–water partition coefficient (Wildman–Crippen LogP) is 4.14. The van der Waals surface area contributed by atoms with Gasteiger partial charge in [0.25, 0.3) is 0 Å². The maximum absolute atomic E-state index is 12.3. The van der Waals surface area contributed by atoms with Gasteiger partial charge in [-0.1, -0.05) is 46.9 Å². The van der Waals surface area contributed by atoms with Crippen LogP contribution >= 0.6 is 34.8 Å². The molecule has 22 heavy (non-hydrogen) atoms. The number of sulfonamides is 1. The highest BCUT2D eigenvalue weighted by Gasteiger charge is 2.22. The van der Waals surface area contributed by atoms with Crippen molar-refractivity contribution < 1.29 is 13.5 Å². The summed E-state index contributed by atoms with van der Waals surface area (Å²) in [5.41, 5.74) is 1.50. The first-order valence-electron chi connectivity index (χ1n) is 6.14. The molecule has 118 valence electrons. The van der Waals surface area contributed by atoms with Gasteiger partial charge >= 0.3 is 0 Å². The lowest BCUT2D eigenvalue weighted by atomic mass is 10.1. The van der Waals surface area contributed by atoms with Gasteiger partial charge in [-0.05, 0) is 36.2 Å². The van der Waals surface area contributed by atoms with Crippen molar-refractivity contribution in [2.75, 3.05) is 0 Å². The summed E-state index contributed by atoms with van der Waals surface area (Å²) in [6.45, 7) is 1.81. The minimum atomic E-state index is -4.00. The zero-order valence-corrected chi connectivity index (χ0v) is 14.5. The van der Waals surface area contributed by atoms with E-state index in [1.807, 2.05) is 13.0 Å². The Morgan fingerprint density at radius 2 is 1.82 bits per heavy atom. The third kappa shape index (κ3) is 3.67. The lowest BCUT2D eigenvalue weighted by molar-refractivity contribution is 0.458. The van der Waals surface area contributed by atoms with E-state index >= 15 is 0 Å². The van der Waals surface area contributed by atoms with Crippen LogP contribution in [-0.2, 0) is 16.6 Å². The minimum absolute atomic E-state index is 0.0165. The maximum Gasteiger partial charge on any atom is 0.244 e. The van der Waals surface area contributed by atoms with Crippen LogP contribution < -0.4 is 4.72 Å². The van der Waals surface area contributed by atoms with Crippen LogP contribution in [0.25, 0.3) is 0 Å². The van der Waals surface area contributed by atoms with Gasteiger partial charge in [0.15, 0.2) is 5.75 Å². The monoisotopic (exact) mass is 379 g/mol. The number of hydrogen-bond donors (Lipinski definition) is 2. The molecule has 0 atom stereocenters. The molecule has 0 aromatic heterocycles. The van der Waals surface area contributed by atoms with Crippen LogP contribution in [0.1, 0.15) is 11.1 Å². The van der Waals surface area contributed by atoms with E-state index in [-0.39, 0.29) is 21.5 Å². The zero-order chi connectivity index (χ0) is 16.5. The molecule has 0 unspecified atom stereocenters. The molecule has 0 fully saturated rings. The van der Waals surface area contributed by atoms with Gasteiger partial charge in [0.1, 0.15) is 4.90 Å². The van der Waals surface area contributed by atoms with E-state index < -0.39 is 15.8 Å². The molecule has 8 heteroatoms. The highest BCUT2D eigenvalue weighted by atomic mass is 35.5. The Morgan fingerprint density at radius 3 is 2.45 bits per heavy atom. The molecule has 0 aliphatic rings. The number of benzene rings is 2. The topological polar surface area (TPSA) is 66.4 Å². The molecule has 0 amide bonds. The molecule has 0 aliphatic carbocycles. The number of aryl methyl sites for hydroxylation is 1. The first kappa shape index (κ1) is 17.4. The van der Waals surface area contributed by atoms with E-state index in [2.05, 4.69) is 4.72 Å². The Morgan fingerprint density at radius 1 is 1.14 bits per heavy atom. The average Bonchev–Trinajstić information content (AvgIpc) is 2.42. The molecule has 0 radical (unpaired) electrons. The van der Waals surface area contributed by atoms with Crippen LogP contribution in [-0.4, -0.2) is 13.5 Å². The van der Waals surface area contributed by atoms with Crippen LogP contribution in [0, 0.1) is 6.92 Å². The third-order valence-electron chi connectivity index (χ3n) is 3.07. The SMILES string of the molecule is Cc1cccc(Cl)c1CNS(=O)(=O)c1cc(Cl)cc(Cl)c1O. The second-order valence-electron chi connectivity index (χ2n) is 4.59. The molecule has 2 aromatic rings. The molecular formula is C14H12Cl3NO3S. The standard InChI is InChI=1S/C14H12Cl3NO3S/c1-8-3-2-4-11(16)10(8)7-18-22(20,21)13-6-9(15)5-12(17)14(13)19/h2-6,18-19H,7H2,1H3. The van der Waals surface area contributed by atoms with Gasteiger partial charge in [0, 0.05) is 16.6 Å². The fraction of sp³-hybridized carbons (Fsp3) is 0.143. The highest BCUT2D eigenvalue weighted by Crippen LogP contribution is 2.34. The fourth-order valence-corrected chi connectivity index (χ4v) is 3.92. The van der Waals surface area contributed by atoms with E-state index in [4.69, 9.17) is 34.8 Å². The van der Waals surface area contributed by atoms with Crippen LogP contribution in [0.2, 0.25) is 15.1 Å². The Bertz CT molecular complexity index is 802. The lowest BCUT2D eigenvalue weighted by Gasteiger charge is -2.12. The summed E-state index contributed by atoms with van der Waals surface area (Å²) < 4.78 is 27.0. The Hall–Kier alpha value is -0.980. The zero-order valence-electron chi connectivity index (χ0n) is 11.4. The Kier molecular flexibility index (Phi) is 5.25. The molecule has 0 heterocycles. The van der Waals surface area contributed by atoms with Crippen molar-refractivity contribution in [3.05, 3.63) is 56.5 Å². The normalized spacial score (nSPS) is 11.6. The molecular weight excluding hydrogens is 369 g/mol. The maximum atomic E-state index is 12.3. The van der Waals surface area contributed by atoms with Gasteiger partial charge in [-0.2, -0.15) is 0 Å². The smallest absolute Gasteiger partial charge is 0.244 e. The van der Waals surface area contributed by atoms with Gasteiger partial charge < -0.3 is 5.11 Å². The van der Waals surface area contributed by atoms with Crippen LogP contribution in [0.5, 0.6) is 5.75 Å². The fourth-order valence-electron chi connectivity index (χ4n) is 1.88. The van der Waals surface area contributed by atoms with Gasteiger partial charge in [0.05, 0.1) is 5.02 Å². The summed E-state index contributed by atoms with van der Waals surface area (Å²) in [6, 6.07) is 7.66. The van der Waals surface area contributed by atoms with E-state index in [9.17, 15) is 13.5 Å². The number of hydrogen-bond acceptors (Lipinski definition) is 3. The van der Waals surface area contributed by atoms with Crippen LogP contribution in [0.4, 0.5) is 0 Å². The molecule has 0 bridgehead atoms. The third-order valence-corrected chi connectivity index (χ3v) is 5.35. The number of nitrogens with one attached hydrogen (secondary N) is 1. The largest absolute Gasteiger partial charge is 0.505 e. The number of phenolic OH excluding ortho intramolecular Hbond substituents is 1. The molecule has 2 aromatic carbocycles. The van der Waals surface area contributed by atoms with Crippen molar-refractivity contribution in [1.82, 2.24) is 4.72 Å². The lowest BCUT2D eigenvalue weighted by Crippen LogP contribution is -2.24. The van der Waals surface area contributed by atoms with Crippen molar-refractivity contribution in [3.8, 4) is 5.75 Å². The van der Waals surface area contributed by atoms with Crippen LogP contribution in [0.15, 0.2) is 35.2 Å². The summed E-state index contributed by atoms with van der Waals surface area (Å²) >= 11 is 17.6. The molecule has 0 aliphatic heterocycles. The summed E-state index contributed by atoms with van der Waals surface area (Å²) in [7, 11) is -4.00. The summed E-state index contributed by atoms with van der Waals surface area (Å²) in [5, 5.41) is 10.3. The van der Waals surface area contributed by atoms with E-state index in [0.717, 1.165) is 11.6 Å². The molecule has 0 saturated carbocycles. The van der Waals surface area contributed by atoms with E-state index in [0.29, 0.717) is 10.6 Å². The molecule has 0 spiro atoms. The molecule has 2 N–H and O–H groups in total. The first-order chi connectivity index (χ1) is 10.2. The Labute approximate surface area is 143 Å². The average molecular weight is 381 g/mol. The first-order valence-corrected chi connectivity index (χ1v) is 8.76. The Balaban J connectivity index is 2.33. The van der Waals surface area contributed by atoms with Crippen molar-refractivity contribution in [2.24, 2.45) is 0 Å². The molecule has 2 rings (SSSR count). The second kappa shape index (κ2) is 6.64. The van der Waals surface area contributed by atoms with Crippen molar-refractivity contribution >= 4 is 44.8 Å². The highest BCUT2D eigenvalue weighted by molar-refractivity contribution is 7.89. The van der Waals surface area contributed by atoms with Crippen molar-refractivity contribution in [2.45, 2.75) is 18.4 Å². The van der Waals surface area contributed by atoms with E-state index in [1.54, 1.807) is 12.1 Å². The predicted molar refractivity (Wildman–Crippen MR) is 88.3 cm³/mol. The van der Waals surface area contributed by atoms with Gasteiger partial charge in [0.2, 0.25) is 10.0 Å². The molecule has 0 saturated heterocycles. The minimum Gasteiger partial charge on any atom is -0.505 e. The number of rotatable bonds is 4. The van der Waals surface area contributed by atoms with Gasteiger partial charge in [-0.3, -0.25) is 0 Å². The summed E-state index contributed by atoms with van der Waals surface area (Å²) in [5.74, 6) is -0.547.